The molecular formula is C10H16N4OS. The summed E-state index contributed by atoms with van der Waals surface area (Å²) in [7, 11) is 0. The van der Waals surface area contributed by atoms with E-state index in [2.05, 4.69) is 10.1 Å². The molecule has 2 heterocycles. The van der Waals surface area contributed by atoms with Gasteiger partial charge in [-0.15, -0.1) is 5.10 Å². The molecule has 1 atom stereocenters. The van der Waals surface area contributed by atoms with Crippen molar-refractivity contribution in [3.8, 4) is 0 Å². The molecule has 1 aromatic heterocycles. The molecule has 0 radical (unpaired) electrons. The van der Waals surface area contributed by atoms with Gasteiger partial charge in [0, 0.05) is 13.2 Å². The van der Waals surface area contributed by atoms with Crippen molar-refractivity contribution >= 4 is 17.2 Å². The van der Waals surface area contributed by atoms with Crippen molar-refractivity contribution in [2.75, 3.05) is 6.61 Å². The molecule has 0 spiro atoms. The third kappa shape index (κ3) is 2.99. The molecule has 5 nitrogen and oxygen atoms in total. The van der Waals surface area contributed by atoms with E-state index in [1.165, 1.54) is 12.8 Å². The van der Waals surface area contributed by atoms with Crippen LogP contribution >= 0.6 is 12.2 Å². The van der Waals surface area contributed by atoms with Crippen LogP contribution in [0.5, 0.6) is 0 Å². The van der Waals surface area contributed by atoms with Gasteiger partial charge in [-0.3, -0.25) is 4.68 Å². The standard InChI is InChI=1S/C10H16N4OS/c11-9(16)10-12-7-14(13-10)5-1-3-8-4-2-6-15-8/h7-8H,1-6H2,(H2,11,16). The SMILES string of the molecule is NC(=S)c1ncn(CCCC2CCCO2)n1. The lowest BCUT2D eigenvalue weighted by atomic mass is 10.1. The summed E-state index contributed by atoms with van der Waals surface area (Å²) in [5.74, 6) is 0.451. The van der Waals surface area contributed by atoms with Gasteiger partial charge in [-0.05, 0) is 25.7 Å². The second-order valence-corrected chi connectivity index (χ2v) is 4.41. The Kier molecular flexibility index (Phi) is 3.84. The lowest BCUT2D eigenvalue weighted by Gasteiger charge is -2.08. The first-order valence-electron chi connectivity index (χ1n) is 5.56. The molecular weight excluding hydrogens is 224 g/mol. The quantitative estimate of drug-likeness (QED) is 0.774. The minimum Gasteiger partial charge on any atom is -0.387 e. The number of nitrogens with two attached hydrogens (primary N) is 1. The number of aromatic nitrogens is 3. The molecule has 0 aliphatic carbocycles. The average Bonchev–Trinajstić information content (AvgIpc) is 2.87. The summed E-state index contributed by atoms with van der Waals surface area (Å²) in [4.78, 5) is 4.27. The third-order valence-corrected chi connectivity index (χ3v) is 2.88. The topological polar surface area (TPSA) is 66.0 Å². The first-order chi connectivity index (χ1) is 7.75. The lowest BCUT2D eigenvalue weighted by molar-refractivity contribution is 0.101. The zero-order valence-electron chi connectivity index (χ0n) is 9.13. The van der Waals surface area contributed by atoms with Crippen molar-refractivity contribution in [2.45, 2.75) is 38.3 Å². The van der Waals surface area contributed by atoms with E-state index in [0.717, 1.165) is 26.0 Å². The average molecular weight is 240 g/mol. The molecule has 1 aliphatic rings. The number of hydrogen-bond donors (Lipinski definition) is 1. The number of aryl methyl sites for hydroxylation is 1. The van der Waals surface area contributed by atoms with E-state index in [1.807, 2.05) is 0 Å². The normalized spacial score (nSPS) is 20.1. The highest BCUT2D eigenvalue weighted by Crippen LogP contribution is 2.16. The third-order valence-electron chi connectivity index (χ3n) is 2.69. The Bertz CT molecular complexity index is 359. The second-order valence-electron chi connectivity index (χ2n) is 3.97. The first-order valence-corrected chi connectivity index (χ1v) is 5.97. The predicted octanol–water partition coefficient (Wildman–Crippen LogP) is 0.871. The van der Waals surface area contributed by atoms with Gasteiger partial charge < -0.3 is 10.5 Å². The van der Waals surface area contributed by atoms with Gasteiger partial charge in [-0.1, -0.05) is 12.2 Å². The fourth-order valence-corrected chi connectivity index (χ4v) is 1.96. The highest BCUT2D eigenvalue weighted by molar-refractivity contribution is 7.80. The van der Waals surface area contributed by atoms with E-state index in [1.54, 1.807) is 11.0 Å². The minimum atomic E-state index is 0.248. The van der Waals surface area contributed by atoms with Crippen LogP contribution < -0.4 is 5.73 Å². The molecule has 0 bridgehead atoms. The van der Waals surface area contributed by atoms with E-state index in [9.17, 15) is 0 Å². The van der Waals surface area contributed by atoms with Crippen molar-refractivity contribution in [1.29, 1.82) is 0 Å². The Balaban J connectivity index is 1.74. The number of nitrogens with zero attached hydrogens (tertiary/aromatic N) is 3. The van der Waals surface area contributed by atoms with Gasteiger partial charge >= 0.3 is 0 Å². The number of rotatable bonds is 5. The highest BCUT2D eigenvalue weighted by atomic mass is 32.1. The maximum absolute atomic E-state index is 5.55. The first kappa shape index (κ1) is 11.5. The molecule has 0 aromatic carbocycles. The molecule has 16 heavy (non-hydrogen) atoms. The summed E-state index contributed by atoms with van der Waals surface area (Å²) in [5.41, 5.74) is 5.43. The number of ether oxygens (including phenoxy) is 1. The Hall–Kier alpha value is -1.01. The highest BCUT2D eigenvalue weighted by Gasteiger charge is 2.14. The molecule has 1 fully saturated rings. The molecule has 88 valence electrons. The van der Waals surface area contributed by atoms with Gasteiger partial charge in [0.2, 0.25) is 5.82 Å². The van der Waals surface area contributed by atoms with E-state index >= 15 is 0 Å². The van der Waals surface area contributed by atoms with Crippen LogP contribution in [0, 0.1) is 0 Å². The fourth-order valence-electron chi connectivity index (χ4n) is 1.87. The van der Waals surface area contributed by atoms with Gasteiger partial charge in [-0.25, -0.2) is 4.98 Å². The van der Waals surface area contributed by atoms with Crippen LogP contribution in [0.15, 0.2) is 6.33 Å². The van der Waals surface area contributed by atoms with Gasteiger partial charge in [-0.2, -0.15) is 0 Å². The maximum atomic E-state index is 5.55. The molecule has 1 aromatic rings. The van der Waals surface area contributed by atoms with Crippen LogP contribution in [0.4, 0.5) is 0 Å². The van der Waals surface area contributed by atoms with Gasteiger partial charge in [0.15, 0.2) is 0 Å². The predicted molar refractivity (Wildman–Crippen MR) is 64.1 cm³/mol. The van der Waals surface area contributed by atoms with E-state index in [4.69, 9.17) is 22.7 Å². The van der Waals surface area contributed by atoms with Gasteiger partial charge in [0.05, 0.1) is 6.10 Å². The molecule has 0 amide bonds. The van der Waals surface area contributed by atoms with E-state index in [-0.39, 0.29) is 4.99 Å². The summed E-state index contributed by atoms with van der Waals surface area (Å²) in [6.45, 7) is 1.76. The van der Waals surface area contributed by atoms with Crippen molar-refractivity contribution < 1.29 is 4.74 Å². The lowest BCUT2D eigenvalue weighted by Crippen LogP contribution is -2.12. The summed E-state index contributed by atoms with van der Waals surface area (Å²) < 4.78 is 7.33. The summed E-state index contributed by atoms with van der Waals surface area (Å²) in [6.07, 6.45) is 6.63. The Morgan fingerprint density at radius 2 is 2.56 bits per heavy atom. The van der Waals surface area contributed by atoms with Crippen molar-refractivity contribution in [3.05, 3.63) is 12.2 Å². The van der Waals surface area contributed by atoms with Gasteiger partial charge in [0.25, 0.3) is 0 Å². The Labute approximate surface area is 100.0 Å². The molecule has 6 heteroatoms. The van der Waals surface area contributed by atoms with Crippen LogP contribution in [-0.2, 0) is 11.3 Å². The van der Waals surface area contributed by atoms with Crippen LogP contribution in [0.3, 0.4) is 0 Å². The monoisotopic (exact) mass is 240 g/mol. The second kappa shape index (κ2) is 5.36. The van der Waals surface area contributed by atoms with Crippen LogP contribution in [0.25, 0.3) is 0 Å². The molecule has 1 unspecified atom stereocenters. The van der Waals surface area contributed by atoms with Gasteiger partial charge in [0.1, 0.15) is 11.3 Å². The van der Waals surface area contributed by atoms with E-state index < -0.39 is 0 Å². The van der Waals surface area contributed by atoms with Crippen LogP contribution in [0.2, 0.25) is 0 Å². The molecule has 1 saturated heterocycles. The van der Waals surface area contributed by atoms with Crippen LogP contribution in [0.1, 0.15) is 31.5 Å². The summed E-state index contributed by atoms with van der Waals surface area (Å²) in [6, 6.07) is 0. The van der Waals surface area contributed by atoms with Crippen molar-refractivity contribution in [1.82, 2.24) is 14.8 Å². The van der Waals surface area contributed by atoms with Crippen molar-refractivity contribution in [2.24, 2.45) is 5.73 Å². The van der Waals surface area contributed by atoms with Crippen LogP contribution in [-0.4, -0.2) is 32.5 Å². The summed E-state index contributed by atoms with van der Waals surface area (Å²) in [5, 5.41) is 4.17. The molecule has 1 aliphatic heterocycles. The van der Waals surface area contributed by atoms with Crippen molar-refractivity contribution in [3.63, 3.8) is 0 Å². The fraction of sp³-hybridized carbons (Fsp3) is 0.700. The maximum Gasteiger partial charge on any atom is 0.208 e. The van der Waals surface area contributed by atoms with E-state index in [0.29, 0.717) is 11.9 Å². The molecule has 2 rings (SSSR count). The zero-order valence-corrected chi connectivity index (χ0v) is 9.95. The Morgan fingerprint density at radius 1 is 1.69 bits per heavy atom. The minimum absolute atomic E-state index is 0.248. The Morgan fingerprint density at radius 3 is 3.19 bits per heavy atom. The molecule has 2 N–H and O–H groups in total. The zero-order chi connectivity index (χ0) is 11.4. The smallest absolute Gasteiger partial charge is 0.208 e. The molecule has 0 saturated carbocycles. The number of hydrogen-bond acceptors (Lipinski definition) is 4. The number of thiocarbonyl (C=S) groups is 1. The largest absolute Gasteiger partial charge is 0.387 e. The summed E-state index contributed by atoms with van der Waals surface area (Å²) >= 11 is 4.79.